The SMILES string of the molecule is COc1ccc(C2(C(=O)N3CCC[C@@H](Cc4cccc5ccncc45)CC3)CCOCC2)cc1. The summed E-state index contributed by atoms with van der Waals surface area (Å²) >= 11 is 0. The van der Waals surface area contributed by atoms with Gasteiger partial charge in [0.05, 0.1) is 12.5 Å². The van der Waals surface area contributed by atoms with Gasteiger partial charge in [-0.1, -0.05) is 30.3 Å². The van der Waals surface area contributed by atoms with Crippen LogP contribution in [0.1, 0.15) is 43.2 Å². The van der Waals surface area contributed by atoms with Crippen molar-refractivity contribution in [3.63, 3.8) is 0 Å². The molecule has 34 heavy (non-hydrogen) atoms. The third-order valence-corrected chi connectivity index (χ3v) is 7.82. The first-order valence-electron chi connectivity index (χ1n) is 12.5. The number of carbonyl (C=O) groups is 1. The maximum absolute atomic E-state index is 14.1. The van der Waals surface area contributed by atoms with Gasteiger partial charge in [-0.15, -0.1) is 0 Å². The van der Waals surface area contributed by atoms with E-state index in [1.54, 1.807) is 7.11 Å². The minimum atomic E-state index is -0.494. The Balaban J connectivity index is 1.32. The number of carbonyl (C=O) groups excluding carboxylic acids is 1. The summed E-state index contributed by atoms with van der Waals surface area (Å²) in [5.74, 6) is 1.67. The van der Waals surface area contributed by atoms with Gasteiger partial charge in [0.2, 0.25) is 5.91 Å². The second kappa shape index (κ2) is 10.1. The summed E-state index contributed by atoms with van der Waals surface area (Å²) in [7, 11) is 1.67. The van der Waals surface area contributed by atoms with E-state index in [-0.39, 0.29) is 5.91 Å². The number of likely N-dealkylation sites (tertiary alicyclic amines) is 1. The Morgan fingerprint density at radius 2 is 1.91 bits per heavy atom. The molecule has 5 nitrogen and oxygen atoms in total. The van der Waals surface area contributed by atoms with Crippen LogP contribution in [0.25, 0.3) is 10.8 Å². The van der Waals surface area contributed by atoms with Gasteiger partial charge in [0.1, 0.15) is 5.75 Å². The summed E-state index contributed by atoms with van der Waals surface area (Å²) < 4.78 is 11.0. The molecular weight excluding hydrogens is 424 g/mol. The van der Waals surface area contributed by atoms with Gasteiger partial charge < -0.3 is 14.4 Å². The number of hydrogen-bond donors (Lipinski definition) is 0. The summed E-state index contributed by atoms with van der Waals surface area (Å²) in [6.07, 6.45) is 9.60. The fourth-order valence-electron chi connectivity index (χ4n) is 5.80. The van der Waals surface area contributed by atoms with Crippen LogP contribution in [0.15, 0.2) is 60.9 Å². The molecule has 2 aromatic carbocycles. The molecule has 3 aromatic rings. The Morgan fingerprint density at radius 1 is 1.09 bits per heavy atom. The molecule has 178 valence electrons. The summed E-state index contributed by atoms with van der Waals surface area (Å²) in [5, 5.41) is 2.50. The number of aromatic nitrogens is 1. The van der Waals surface area contributed by atoms with E-state index in [1.807, 2.05) is 24.5 Å². The molecule has 0 radical (unpaired) electrons. The van der Waals surface area contributed by atoms with Crippen molar-refractivity contribution in [3.8, 4) is 5.75 Å². The van der Waals surface area contributed by atoms with Crippen LogP contribution in [0.4, 0.5) is 0 Å². The van der Waals surface area contributed by atoms with Gasteiger partial charge in [-0.3, -0.25) is 9.78 Å². The lowest BCUT2D eigenvalue weighted by atomic mass is 9.73. The molecule has 2 fully saturated rings. The van der Waals surface area contributed by atoms with Gasteiger partial charge in [0.15, 0.2) is 0 Å². The molecule has 1 aromatic heterocycles. The Kier molecular flexibility index (Phi) is 6.82. The van der Waals surface area contributed by atoms with Gasteiger partial charge in [-0.25, -0.2) is 0 Å². The average Bonchev–Trinajstić information content (AvgIpc) is 3.14. The first-order valence-corrected chi connectivity index (χ1v) is 12.5. The normalized spacial score (nSPS) is 20.6. The van der Waals surface area contributed by atoms with E-state index >= 15 is 0 Å². The monoisotopic (exact) mass is 458 g/mol. The van der Waals surface area contributed by atoms with Crippen LogP contribution in [0.2, 0.25) is 0 Å². The molecule has 0 aliphatic carbocycles. The molecule has 2 aliphatic heterocycles. The van der Waals surface area contributed by atoms with Gasteiger partial charge in [-0.05, 0) is 79.2 Å². The van der Waals surface area contributed by atoms with Gasteiger partial charge in [0.25, 0.3) is 0 Å². The van der Waals surface area contributed by atoms with E-state index in [0.29, 0.717) is 19.1 Å². The van der Waals surface area contributed by atoms with Crippen molar-refractivity contribution in [2.24, 2.45) is 5.92 Å². The average molecular weight is 459 g/mol. The molecule has 1 atom stereocenters. The van der Waals surface area contributed by atoms with Crippen molar-refractivity contribution in [2.45, 2.75) is 43.9 Å². The molecule has 5 rings (SSSR count). The first-order chi connectivity index (χ1) is 16.7. The third kappa shape index (κ3) is 4.54. The van der Waals surface area contributed by atoms with Crippen molar-refractivity contribution in [3.05, 3.63) is 72.1 Å². The molecule has 2 saturated heterocycles. The topological polar surface area (TPSA) is 51.7 Å². The number of benzene rings is 2. The number of rotatable bonds is 5. The molecule has 3 heterocycles. The Hall–Kier alpha value is -2.92. The summed E-state index contributed by atoms with van der Waals surface area (Å²) in [5.41, 5.74) is 1.96. The van der Waals surface area contributed by atoms with Crippen LogP contribution in [0, 0.1) is 5.92 Å². The van der Waals surface area contributed by atoms with Crippen LogP contribution < -0.4 is 4.74 Å². The number of ether oxygens (including phenoxy) is 2. The van der Waals surface area contributed by atoms with Crippen LogP contribution >= 0.6 is 0 Å². The molecule has 0 N–H and O–H groups in total. The number of methoxy groups -OCH3 is 1. The minimum absolute atomic E-state index is 0.274. The molecule has 0 saturated carbocycles. The van der Waals surface area contributed by atoms with E-state index in [9.17, 15) is 4.79 Å². The van der Waals surface area contributed by atoms with Gasteiger partial charge in [-0.2, -0.15) is 0 Å². The van der Waals surface area contributed by atoms with E-state index < -0.39 is 5.41 Å². The molecule has 1 amide bonds. The predicted molar refractivity (Wildman–Crippen MR) is 134 cm³/mol. The lowest BCUT2D eigenvalue weighted by Crippen LogP contribution is -2.50. The molecule has 5 heteroatoms. The van der Waals surface area contributed by atoms with Crippen molar-refractivity contribution in [1.29, 1.82) is 0 Å². The first kappa shape index (κ1) is 22.9. The highest BCUT2D eigenvalue weighted by atomic mass is 16.5. The smallest absolute Gasteiger partial charge is 0.233 e. The second-order valence-corrected chi connectivity index (χ2v) is 9.73. The van der Waals surface area contributed by atoms with E-state index in [1.165, 1.54) is 16.3 Å². The van der Waals surface area contributed by atoms with E-state index in [4.69, 9.17) is 9.47 Å². The lowest BCUT2D eigenvalue weighted by molar-refractivity contribution is -0.141. The van der Waals surface area contributed by atoms with Crippen molar-refractivity contribution < 1.29 is 14.3 Å². The molecule has 0 bridgehead atoms. The summed E-state index contributed by atoms with van der Waals surface area (Å²) in [6, 6.07) is 16.7. The maximum atomic E-state index is 14.1. The lowest BCUT2D eigenvalue weighted by Gasteiger charge is -2.40. The molecular formula is C29H34N2O3. The number of hydrogen-bond acceptors (Lipinski definition) is 4. The largest absolute Gasteiger partial charge is 0.497 e. The van der Waals surface area contributed by atoms with Gasteiger partial charge >= 0.3 is 0 Å². The van der Waals surface area contributed by atoms with Crippen LogP contribution in [0.3, 0.4) is 0 Å². The van der Waals surface area contributed by atoms with Gasteiger partial charge in [0, 0.05) is 44.1 Å². The van der Waals surface area contributed by atoms with E-state index in [2.05, 4.69) is 46.3 Å². The quantitative estimate of drug-likeness (QED) is 0.530. The fraction of sp³-hybridized carbons (Fsp3) is 0.448. The van der Waals surface area contributed by atoms with E-state index in [0.717, 1.165) is 62.9 Å². The van der Waals surface area contributed by atoms with Crippen molar-refractivity contribution in [2.75, 3.05) is 33.4 Å². The standard InChI is InChI=1S/C29H34N2O3/c1-33-26-9-7-25(8-10-26)29(13-18-34-19-14-29)28(32)31-16-3-4-22(12-17-31)20-24-6-2-5-23-11-15-30-21-27(23)24/h2,5-11,15,21-22H,3-4,12-14,16-20H2,1H3/t22-/m1/s1. The highest BCUT2D eigenvalue weighted by Crippen LogP contribution is 2.38. The number of nitrogens with zero attached hydrogens (tertiary/aromatic N) is 2. The molecule has 2 aliphatic rings. The highest BCUT2D eigenvalue weighted by Gasteiger charge is 2.44. The number of amides is 1. The Labute approximate surface area is 202 Å². The Bertz CT molecular complexity index is 1120. The maximum Gasteiger partial charge on any atom is 0.233 e. The zero-order valence-electron chi connectivity index (χ0n) is 20.0. The minimum Gasteiger partial charge on any atom is -0.497 e. The predicted octanol–water partition coefficient (Wildman–Crippen LogP) is 5.16. The second-order valence-electron chi connectivity index (χ2n) is 9.73. The summed E-state index contributed by atoms with van der Waals surface area (Å²) in [4.78, 5) is 20.5. The molecule has 0 spiro atoms. The molecule has 0 unspecified atom stereocenters. The fourth-order valence-corrected chi connectivity index (χ4v) is 5.80. The van der Waals surface area contributed by atoms with Crippen LogP contribution in [-0.2, 0) is 21.4 Å². The van der Waals surface area contributed by atoms with Crippen molar-refractivity contribution in [1.82, 2.24) is 9.88 Å². The zero-order chi connectivity index (χ0) is 23.4. The van der Waals surface area contributed by atoms with Crippen LogP contribution in [0.5, 0.6) is 5.75 Å². The number of fused-ring (bicyclic) bond motifs is 1. The van der Waals surface area contributed by atoms with Crippen molar-refractivity contribution >= 4 is 16.7 Å². The Morgan fingerprint density at radius 3 is 2.71 bits per heavy atom. The highest BCUT2D eigenvalue weighted by molar-refractivity contribution is 5.88. The number of pyridine rings is 1. The zero-order valence-corrected chi connectivity index (χ0v) is 20.0. The summed E-state index contributed by atoms with van der Waals surface area (Å²) in [6.45, 7) is 2.92. The third-order valence-electron chi connectivity index (χ3n) is 7.82. The van der Waals surface area contributed by atoms with Crippen LogP contribution in [-0.4, -0.2) is 49.2 Å².